The maximum atomic E-state index is 13.6. The average molecular weight is 278 g/mol. The summed E-state index contributed by atoms with van der Waals surface area (Å²) < 4.78 is 19.3. The van der Waals surface area contributed by atoms with Crippen molar-refractivity contribution in [1.82, 2.24) is 4.90 Å². The van der Waals surface area contributed by atoms with Crippen molar-refractivity contribution in [2.75, 3.05) is 44.2 Å². The Morgan fingerprint density at radius 3 is 2.70 bits per heavy atom. The van der Waals surface area contributed by atoms with Crippen molar-refractivity contribution < 1.29 is 9.13 Å². The third kappa shape index (κ3) is 3.13. The van der Waals surface area contributed by atoms with E-state index in [0.717, 1.165) is 45.0 Å². The number of hydrogen-bond donors (Lipinski definition) is 0. The van der Waals surface area contributed by atoms with E-state index in [1.165, 1.54) is 12.8 Å². The second kappa shape index (κ2) is 6.10. The fourth-order valence-electron chi connectivity index (χ4n) is 3.04. The number of ether oxygens (including phenoxy) is 1. The second-order valence-corrected chi connectivity index (χ2v) is 5.86. The molecule has 2 saturated heterocycles. The van der Waals surface area contributed by atoms with Crippen LogP contribution in [-0.2, 0) is 4.74 Å². The highest BCUT2D eigenvalue weighted by Gasteiger charge is 2.23. The maximum Gasteiger partial charge on any atom is 0.128 e. The first kappa shape index (κ1) is 13.8. The molecule has 1 aromatic carbocycles. The van der Waals surface area contributed by atoms with Crippen LogP contribution < -0.4 is 4.90 Å². The van der Waals surface area contributed by atoms with Crippen LogP contribution in [0.3, 0.4) is 0 Å². The second-order valence-electron chi connectivity index (χ2n) is 5.86. The first-order valence-electron chi connectivity index (χ1n) is 7.57. The van der Waals surface area contributed by atoms with Crippen LogP contribution in [0.5, 0.6) is 0 Å². The van der Waals surface area contributed by atoms with Gasteiger partial charge in [-0.05, 0) is 37.5 Å². The zero-order valence-electron chi connectivity index (χ0n) is 12.1. The van der Waals surface area contributed by atoms with Gasteiger partial charge in [-0.15, -0.1) is 0 Å². The predicted molar refractivity (Wildman–Crippen MR) is 78.8 cm³/mol. The number of aryl methyl sites for hydroxylation is 1. The number of hydrogen-bond acceptors (Lipinski definition) is 3. The van der Waals surface area contributed by atoms with Gasteiger partial charge in [-0.25, -0.2) is 4.39 Å². The highest BCUT2D eigenvalue weighted by Crippen LogP contribution is 2.20. The van der Waals surface area contributed by atoms with Crippen LogP contribution in [-0.4, -0.2) is 50.3 Å². The van der Waals surface area contributed by atoms with Crippen LogP contribution in [0.2, 0.25) is 0 Å². The SMILES string of the molecule is Cc1ccc(N2CCN(CC3CCCO3)CC2)cc1F. The summed E-state index contributed by atoms with van der Waals surface area (Å²) in [6, 6.07) is 5.54. The summed E-state index contributed by atoms with van der Waals surface area (Å²) in [7, 11) is 0. The zero-order chi connectivity index (χ0) is 13.9. The van der Waals surface area contributed by atoms with E-state index in [-0.39, 0.29) is 5.82 Å². The van der Waals surface area contributed by atoms with Crippen molar-refractivity contribution in [3.8, 4) is 0 Å². The zero-order valence-corrected chi connectivity index (χ0v) is 12.1. The third-order valence-electron chi connectivity index (χ3n) is 4.38. The summed E-state index contributed by atoms with van der Waals surface area (Å²) in [6.45, 7) is 7.79. The number of rotatable bonds is 3. The number of anilines is 1. The Labute approximate surface area is 120 Å². The summed E-state index contributed by atoms with van der Waals surface area (Å²) in [4.78, 5) is 4.74. The lowest BCUT2D eigenvalue weighted by Gasteiger charge is -2.37. The molecule has 3 rings (SSSR count). The number of piperazine rings is 1. The molecule has 0 aliphatic carbocycles. The lowest BCUT2D eigenvalue weighted by molar-refractivity contribution is 0.0713. The Kier molecular flexibility index (Phi) is 4.22. The standard InChI is InChI=1S/C16H23FN2O/c1-13-4-5-14(11-16(13)17)19-8-6-18(7-9-19)12-15-3-2-10-20-15/h4-5,11,15H,2-3,6-10,12H2,1H3. The topological polar surface area (TPSA) is 15.7 Å². The van der Waals surface area contributed by atoms with Gasteiger partial charge in [0.2, 0.25) is 0 Å². The molecule has 2 aliphatic rings. The van der Waals surface area contributed by atoms with Gasteiger partial charge >= 0.3 is 0 Å². The summed E-state index contributed by atoms with van der Waals surface area (Å²) in [5, 5.41) is 0. The molecule has 0 radical (unpaired) electrons. The van der Waals surface area contributed by atoms with Crippen LogP contribution in [0.4, 0.5) is 10.1 Å². The minimum atomic E-state index is -0.107. The minimum absolute atomic E-state index is 0.107. The van der Waals surface area contributed by atoms with Crippen LogP contribution in [0, 0.1) is 12.7 Å². The van der Waals surface area contributed by atoms with Crippen molar-refractivity contribution in [3.63, 3.8) is 0 Å². The van der Waals surface area contributed by atoms with Crippen molar-refractivity contribution in [2.45, 2.75) is 25.9 Å². The van der Waals surface area contributed by atoms with Crippen LogP contribution in [0.25, 0.3) is 0 Å². The molecule has 2 fully saturated rings. The van der Waals surface area contributed by atoms with E-state index >= 15 is 0 Å². The van der Waals surface area contributed by atoms with Gasteiger partial charge in [-0.2, -0.15) is 0 Å². The molecule has 110 valence electrons. The van der Waals surface area contributed by atoms with Crippen molar-refractivity contribution in [2.24, 2.45) is 0 Å². The van der Waals surface area contributed by atoms with Gasteiger partial charge in [0.15, 0.2) is 0 Å². The third-order valence-corrected chi connectivity index (χ3v) is 4.38. The fourth-order valence-corrected chi connectivity index (χ4v) is 3.04. The maximum absolute atomic E-state index is 13.6. The molecule has 0 amide bonds. The molecule has 1 unspecified atom stereocenters. The van der Waals surface area contributed by atoms with E-state index < -0.39 is 0 Å². The molecule has 0 bridgehead atoms. The van der Waals surface area contributed by atoms with Crippen LogP contribution >= 0.6 is 0 Å². The molecule has 0 spiro atoms. The summed E-state index contributed by atoms with van der Waals surface area (Å²) in [6.07, 6.45) is 2.83. The van der Waals surface area contributed by atoms with Gasteiger partial charge in [0.25, 0.3) is 0 Å². The Hall–Kier alpha value is -1.13. The molecule has 3 nitrogen and oxygen atoms in total. The van der Waals surface area contributed by atoms with Crippen molar-refractivity contribution in [3.05, 3.63) is 29.6 Å². The van der Waals surface area contributed by atoms with E-state index in [9.17, 15) is 4.39 Å². The largest absolute Gasteiger partial charge is 0.377 e. The number of halogens is 1. The number of nitrogens with zero attached hydrogens (tertiary/aromatic N) is 2. The monoisotopic (exact) mass is 278 g/mol. The first-order valence-corrected chi connectivity index (χ1v) is 7.57. The Bertz CT molecular complexity index is 452. The Balaban J connectivity index is 1.53. The smallest absolute Gasteiger partial charge is 0.128 e. The van der Waals surface area contributed by atoms with Crippen molar-refractivity contribution >= 4 is 5.69 Å². The van der Waals surface area contributed by atoms with E-state index in [2.05, 4.69) is 9.80 Å². The summed E-state index contributed by atoms with van der Waals surface area (Å²) in [5.74, 6) is -0.107. The van der Waals surface area contributed by atoms with E-state index in [0.29, 0.717) is 11.7 Å². The normalized spacial score (nSPS) is 24.3. The van der Waals surface area contributed by atoms with Crippen LogP contribution in [0.1, 0.15) is 18.4 Å². The molecule has 0 N–H and O–H groups in total. The average Bonchev–Trinajstić information content (AvgIpc) is 2.96. The highest BCUT2D eigenvalue weighted by molar-refractivity contribution is 5.48. The lowest BCUT2D eigenvalue weighted by Crippen LogP contribution is -2.48. The number of benzene rings is 1. The van der Waals surface area contributed by atoms with Gasteiger partial charge in [-0.3, -0.25) is 4.90 Å². The van der Waals surface area contributed by atoms with Crippen LogP contribution in [0.15, 0.2) is 18.2 Å². The molecular formula is C16H23FN2O. The molecule has 1 atom stereocenters. The quantitative estimate of drug-likeness (QED) is 0.844. The van der Waals surface area contributed by atoms with Gasteiger partial charge in [0, 0.05) is 45.0 Å². The molecular weight excluding hydrogens is 255 g/mol. The summed E-state index contributed by atoms with van der Waals surface area (Å²) in [5.41, 5.74) is 1.72. The van der Waals surface area contributed by atoms with Gasteiger partial charge in [0.05, 0.1) is 6.10 Å². The molecule has 20 heavy (non-hydrogen) atoms. The molecule has 0 saturated carbocycles. The first-order chi connectivity index (χ1) is 9.72. The Morgan fingerprint density at radius 1 is 1.25 bits per heavy atom. The van der Waals surface area contributed by atoms with E-state index in [1.807, 2.05) is 12.1 Å². The van der Waals surface area contributed by atoms with Crippen molar-refractivity contribution in [1.29, 1.82) is 0 Å². The summed E-state index contributed by atoms with van der Waals surface area (Å²) >= 11 is 0. The van der Waals surface area contributed by atoms with Gasteiger partial charge < -0.3 is 9.64 Å². The predicted octanol–water partition coefficient (Wildman–Crippen LogP) is 2.44. The minimum Gasteiger partial charge on any atom is -0.377 e. The highest BCUT2D eigenvalue weighted by atomic mass is 19.1. The van der Waals surface area contributed by atoms with Gasteiger partial charge in [-0.1, -0.05) is 6.07 Å². The van der Waals surface area contributed by atoms with Gasteiger partial charge in [0.1, 0.15) is 5.82 Å². The molecule has 1 aromatic rings. The Morgan fingerprint density at radius 2 is 2.05 bits per heavy atom. The molecule has 2 heterocycles. The molecule has 2 aliphatic heterocycles. The molecule has 4 heteroatoms. The van der Waals surface area contributed by atoms with E-state index in [4.69, 9.17) is 4.74 Å². The lowest BCUT2D eigenvalue weighted by atomic mass is 10.1. The molecule has 0 aromatic heterocycles. The van der Waals surface area contributed by atoms with E-state index in [1.54, 1.807) is 13.0 Å². The fraction of sp³-hybridized carbons (Fsp3) is 0.625.